The van der Waals surface area contributed by atoms with Gasteiger partial charge in [0.25, 0.3) is 0 Å². The van der Waals surface area contributed by atoms with Gasteiger partial charge in [-0.2, -0.15) is 0 Å². The molecule has 20 heavy (non-hydrogen) atoms. The third-order valence-corrected chi connectivity index (χ3v) is 4.69. The van der Waals surface area contributed by atoms with E-state index < -0.39 is 0 Å². The van der Waals surface area contributed by atoms with Crippen LogP contribution in [-0.2, 0) is 6.54 Å². The van der Waals surface area contributed by atoms with E-state index in [1.807, 2.05) is 0 Å². The second-order valence-electron chi connectivity index (χ2n) is 7.03. The fourth-order valence-corrected chi connectivity index (χ4v) is 3.16. The van der Waals surface area contributed by atoms with E-state index in [0.717, 1.165) is 30.0 Å². The molecule has 1 aromatic rings. The van der Waals surface area contributed by atoms with Crippen LogP contribution >= 0.6 is 15.9 Å². The molecule has 0 radical (unpaired) electrons. The van der Waals surface area contributed by atoms with Gasteiger partial charge in [0, 0.05) is 35.7 Å². The monoisotopic (exact) mass is 338 g/mol. The van der Waals surface area contributed by atoms with E-state index in [-0.39, 0.29) is 5.54 Å². The fraction of sp³-hybridized carbons (Fsp3) is 0.647. The van der Waals surface area contributed by atoms with E-state index in [4.69, 9.17) is 0 Å². The summed E-state index contributed by atoms with van der Waals surface area (Å²) >= 11 is 3.51. The zero-order chi connectivity index (χ0) is 14.8. The van der Waals surface area contributed by atoms with Gasteiger partial charge in [0.15, 0.2) is 0 Å². The predicted octanol–water partition coefficient (Wildman–Crippen LogP) is 4.05. The van der Waals surface area contributed by atoms with Gasteiger partial charge in [0.2, 0.25) is 0 Å². The molecule has 1 unspecified atom stereocenters. The Hall–Kier alpha value is -0.380. The van der Waals surface area contributed by atoms with E-state index in [1.54, 1.807) is 0 Å². The van der Waals surface area contributed by atoms with E-state index in [2.05, 4.69) is 78.1 Å². The Balaban J connectivity index is 2.04. The average Bonchev–Trinajstić information content (AvgIpc) is 2.36. The first-order chi connectivity index (χ1) is 9.37. The summed E-state index contributed by atoms with van der Waals surface area (Å²) in [4.78, 5) is 2.62. The van der Waals surface area contributed by atoms with Gasteiger partial charge < -0.3 is 5.32 Å². The number of piperazine rings is 1. The molecule has 2 rings (SSSR count). The zero-order valence-corrected chi connectivity index (χ0v) is 14.7. The molecule has 1 saturated heterocycles. The summed E-state index contributed by atoms with van der Waals surface area (Å²) in [5.74, 6) is 0.753. The molecule has 1 aromatic carbocycles. The summed E-state index contributed by atoms with van der Waals surface area (Å²) in [5, 5.41) is 3.72. The lowest BCUT2D eigenvalue weighted by molar-refractivity contribution is 0.0536. The van der Waals surface area contributed by atoms with Gasteiger partial charge in [-0.1, -0.05) is 41.9 Å². The van der Waals surface area contributed by atoms with Gasteiger partial charge in [0.05, 0.1) is 0 Å². The molecular formula is C17H27BrN2. The molecule has 0 saturated carbocycles. The molecule has 1 aliphatic rings. The van der Waals surface area contributed by atoms with Gasteiger partial charge in [-0.3, -0.25) is 4.90 Å². The molecule has 0 aliphatic carbocycles. The predicted molar refractivity (Wildman–Crippen MR) is 89.9 cm³/mol. The molecule has 1 aliphatic heterocycles. The minimum Gasteiger partial charge on any atom is -0.311 e. The molecular weight excluding hydrogens is 312 g/mol. The van der Waals surface area contributed by atoms with Gasteiger partial charge in [-0.25, -0.2) is 0 Å². The minimum atomic E-state index is 0.223. The van der Waals surface area contributed by atoms with Crippen molar-refractivity contribution in [3.63, 3.8) is 0 Å². The topological polar surface area (TPSA) is 15.3 Å². The van der Waals surface area contributed by atoms with E-state index in [0.29, 0.717) is 6.04 Å². The first-order valence-electron chi connectivity index (χ1n) is 7.60. The maximum Gasteiger partial charge on any atom is 0.0281 e. The fourth-order valence-electron chi connectivity index (χ4n) is 2.90. The molecule has 0 amide bonds. The van der Waals surface area contributed by atoms with Crippen molar-refractivity contribution in [1.29, 1.82) is 0 Å². The van der Waals surface area contributed by atoms with Gasteiger partial charge >= 0.3 is 0 Å². The Labute approximate surface area is 132 Å². The first kappa shape index (κ1) is 16.0. The SMILES string of the molecule is CC(C)CC1CN(Cc2ccc(Br)cc2)C(C)(C)CN1. The Kier molecular flexibility index (Phi) is 5.27. The van der Waals surface area contributed by atoms with Crippen molar-refractivity contribution in [2.45, 2.75) is 52.2 Å². The van der Waals surface area contributed by atoms with Crippen LogP contribution in [0.3, 0.4) is 0 Å². The molecule has 1 heterocycles. The standard InChI is InChI=1S/C17H27BrN2/c1-13(2)9-16-11-20(17(3,4)12-19-16)10-14-5-7-15(18)8-6-14/h5-8,13,16,19H,9-12H2,1-4H3. The van der Waals surface area contributed by atoms with Crippen LogP contribution in [0.2, 0.25) is 0 Å². The zero-order valence-electron chi connectivity index (χ0n) is 13.1. The second kappa shape index (κ2) is 6.59. The van der Waals surface area contributed by atoms with Crippen molar-refractivity contribution in [2.75, 3.05) is 13.1 Å². The number of nitrogens with one attached hydrogen (secondary N) is 1. The van der Waals surface area contributed by atoms with Crippen molar-refractivity contribution >= 4 is 15.9 Å². The molecule has 1 N–H and O–H groups in total. The maximum absolute atomic E-state index is 3.72. The second-order valence-corrected chi connectivity index (χ2v) is 7.94. The van der Waals surface area contributed by atoms with Crippen LogP contribution in [0.5, 0.6) is 0 Å². The summed E-state index contributed by atoms with van der Waals surface area (Å²) in [6.45, 7) is 12.5. The average molecular weight is 339 g/mol. The lowest BCUT2D eigenvalue weighted by atomic mass is 9.93. The Morgan fingerprint density at radius 3 is 2.55 bits per heavy atom. The van der Waals surface area contributed by atoms with E-state index in [1.165, 1.54) is 12.0 Å². The van der Waals surface area contributed by atoms with Gasteiger partial charge in [-0.15, -0.1) is 0 Å². The van der Waals surface area contributed by atoms with Crippen molar-refractivity contribution < 1.29 is 0 Å². The minimum absolute atomic E-state index is 0.223. The number of rotatable bonds is 4. The van der Waals surface area contributed by atoms with Crippen LogP contribution < -0.4 is 5.32 Å². The van der Waals surface area contributed by atoms with Crippen LogP contribution in [0.1, 0.15) is 39.7 Å². The van der Waals surface area contributed by atoms with Gasteiger partial charge in [0.1, 0.15) is 0 Å². The summed E-state index contributed by atoms with van der Waals surface area (Å²) in [6.07, 6.45) is 1.26. The molecule has 1 atom stereocenters. The lowest BCUT2D eigenvalue weighted by Crippen LogP contribution is -2.61. The number of hydrogen-bond acceptors (Lipinski definition) is 2. The summed E-state index contributed by atoms with van der Waals surface area (Å²) in [5.41, 5.74) is 1.62. The molecule has 1 fully saturated rings. The van der Waals surface area contributed by atoms with Crippen molar-refractivity contribution in [1.82, 2.24) is 10.2 Å². The van der Waals surface area contributed by atoms with Crippen LogP contribution in [0.25, 0.3) is 0 Å². The van der Waals surface area contributed by atoms with Gasteiger partial charge in [-0.05, 0) is 43.9 Å². The summed E-state index contributed by atoms with van der Waals surface area (Å²) in [7, 11) is 0. The number of benzene rings is 1. The molecule has 3 heteroatoms. The van der Waals surface area contributed by atoms with E-state index in [9.17, 15) is 0 Å². The number of nitrogens with zero attached hydrogens (tertiary/aromatic N) is 1. The third kappa shape index (κ3) is 4.31. The highest BCUT2D eigenvalue weighted by atomic mass is 79.9. The molecule has 0 aromatic heterocycles. The van der Waals surface area contributed by atoms with Crippen molar-refractivity contribution in [2.24, 2.45) is 5.92 Å². The Morgan fingerprint density at radius 2 is 1.95 bits per heavy atom. The largest absolute Gasteiger partial charge is 0.311 e. The smallest absolute Gasteiger partial charge is 0.0281 e. The van der Waals surface area contributed by atoms with Crippen molar-refractivity contribution in [3.8, 4) is 0 Å². The van der Waals surface area contributed by atoms with E-state index >= 15 is 0 Å². The molecule has 2 nitrogen and oxygen atoms in total. The highest BCUT2D eigenvalue weighted by Gasteiger charge is 2.33. The van der Waals surface area contributed by atoms with Crippen LogP contribution in [0.4, 0.5) is 0 Å². The normalized spacial score (nSPS) is 23.2. The number of halogens is 1. The molecule has 0 bridgehead atoms. The van der Waals surface area contributed by atoms with Crippen LogP contribution in [0, 0.1) is 5.92 Å². The lowest BCUT2D eigenvalue weighted by Gasteiger charge is -2.46. The maximum atomic E-state index is 3.72. The third-order valence-electron chi connectivity index (χ3n) is 4.16. The highest BCUT2D eigenvalue weighted by Crippen LogP contribution is 2.24. The van der Waals surface area contributed by atoms with Crippen LogP contribution in [-0.4, -0.2) is 29.6 Å². The highest BCUT2D eigenvalue weighted by molar-refractivity contribution is 9.10. The van der Waals surface area contributed by atoms with Crippen molar-refractivity contribution in [3.05, 3.63) is 34.3 Å². The molecule has 0 spiro atoms. The quantitative estimate of drug-likeness (QED) is 0.890. The Bertz CT molecular complexity index is 425. The number of hydrogen-bond donors (Lipinski definition) is 1. The Morgan fingerprint density at radius 1 is 1.30 bits per heavy atom. The summed E-state index contributed by atoms with van der Waals surface area (Å²) < 4.78 is 1.15. The first-order valence-corrected chi connectivity index (χ1v) is 8.39. The summed E-state index contributed by atoms with van der Waals surface area (Å²) in [6, 6.07) is 9.34. The molecule has 112 valence electrons. The van der Waals surface area contributed by atoms with Crippen LogP contribution in [0.15, 0.2) is 28.7 Å².